The van der Waals surface area contributed by atoms with Gasteiger partial charge in [-0.3, -0.25) is 4.68 Å². The predicted octanol–water partition coefficient (Wildman–Crippen LogP) is 2.00. The van der Waals surface area contributed by atoms with Crippen molar-refractivity contribution in [2.75, 3.05) is 0 Å². The molecule has 1 unspecified atom stereocenters. The van der Waals surface area contributed by atoms with Crippen molar-refractivity contribution < 1.29 is 5.11 Å². The fraction of sp³-hybridized carbons (Fsp3) is 0.722. The van der Waals surface area contributed by atoms with E-state index in [1.165, 1.54) is 44.2 Å². The van der Waals surface area contributed by atoms with Gasteiger partial charge in [-0.05, 0) is 62.3 Å². The second-order valence-electron chi connectivity index (χ2n) is 8.41. The smallest absolute Gasteiger partial charge is 0.0932 e. The van der Waals surface area contributed by atoms with Crippen LogP contribution in [0.3, 0.4) is 0 Å². The summed E-state index contributed by atoms with van der Waals surface area (Å²) >= 11 is 0. The van der Waals surface area contributed by atoms with Crippen LogP contribution < -0.4 is 0 Å². The van der Waals surface area contributed by atoms with Gasteiger partial charge in [-0.15, -0.1) is 5.10 Å². The fourth-order valence-corrected chi connectivity index (χ4v) is 5.95. The fourth-order valence-electron chi connectivity index (χ4n) is 5.95. The van der Waals surface area contributed by atoms with Gasteiger partial charge in [-0.25, -0.2) is 4.68 Å². The maximum atomic E-state index is 10.3. The summed E-state index contributed by atoms with van der Waals surface area (Å²) in [5.41, 5.74) is 1.45. The van der Waals surface area contributed by atoms with E-state index in [2.05, 4.69) is 21.6 Å². The van der Waals surface area contributed by atoms with Crippen LogP contribution in [0.4, 0.5) is 0 Å². The SMILES string of the molecule is OC(Cn1cccn1)Cn1cc(C23CC4CC(CC(C4)C2)C3)nn1. The Balaban J connectivity index is 1.31. The lowest BCUT2D eigenvalue weighted by Gasteiger charge is -2.56. The third kappa shape index (κ3) is 2.48. The minimum absolute atomic E-state index is 0.278. The van der Waals surface area contributed by atoms with Crippen LogP contribution in [0.25, 0.3) is 0 Å². The number of aromatic nitrogens is 5. The van der Waals surface area contributed by atoms with Gasteiger partial charge in [-0.1, -0.05) is 5.21 Å². The maximum Gasteiger partial charge on any atom is 0.0932 e. The van der Waals surface area contributed by atoms with Gasteiger partial charge >= 0.3 is 0 Å². The Morgan fingerprint density at radius 2 is 1.75 bits per heavy atom. The summed E-state index contributed by atoms with van der Waals surface area (Å²) in [4.78, 5) is 0. The van der Waals surface area contributed by atoms with Gasteiger partial charge in [0.15, 0.2) is 0 Å². The molecule has 0 amide bonds. The number of aliphatic hydroxyl groups is 1. The second-order valence-corrected chi connectivity index (χ2v) is 8.41. The molecule has 6 rings (SSSR count). The van der Waals surface area contributed by atoms with Crippen LogP contribution in [0.1, 0.15) is 44.2 Å². The van der Waals surface area contributed by atoms with Crippen molar-refractivity contribution in [1.29, 1.82) is 0 Å². The van der Waals surface area contributed by atoms with E-state index in [9.17, 15) is 5.11 Å². The first-order chi connectivity index (χ1) is 11.7. The molecular weight excluding hydrogens is 302 g/mol. The van der Waals surface area contributed by atoms with Crippen molar-refractivity contribution in [2.24, 2.45) is 17.8 Å². The van der Waals surface area contributed by atoms with Crippen LogP contribution in [-0.4, -0.2) is 36.0 Å². The average Bonchev–Trinajstić information content (AvgIpc) is 3.18. The summed E-state index contributed by atoms with van der Waals surface area (Å²) in [6.07, 6.45) is 13.4. The van der Waals surface area contributed by atoms with Crippen LogP contribution >= 0.6 is 0 Å². The van der Waals surface area contributed by atoms with Crippen molar-refractivity contribution in [1.82, 2.24) is 24.8 Å². The zero-order chi connectivity index (χ0) is 16.1. The van der Waals surface area contributed by atoms with E-state index in [0.29, 0.717) is 13.1 Å². The van der Waals surface area contributed by atoms with Crippen molar-refractivity contribution in [3.63, 3.8) is 0 Å². The van der Waals surface area contributed by atoms with Crippen LogP contribution in [-0.2, 0) is 18.5 Å². The molecule has 4 aliphatic carbocycles. The minimum atomic E-state index is -0.504. The molecule has 0 aromatic carbocycles. The highest BCUT2D eigenvalue weighted by Crippen LogP contribution is 2.60. The number of rotatable bonds is 5. The molecule has 128 valence electrons. The lowest BCUT2D eigenvalue weighted by atomic mass is 9.49. The summed E-state index contributed by atoms with van der Waals surface area (Å²) in [7, 11) is 0. The molecule has 4 saturated carbocycles. The molecule has 0 spiro atoms. The third-order valence-corrected chi connectivity index (χ3v) is 6.48. The zero-order valence-electron chi connectivity index (χ0n) is 14.0. The molecule has 24 heavy (non-hydrogen) atoms. The largest absolute Gasteiger partial charge is 0.389 e. The van der Waals surface area contributed by atoms with E-state index in [0.717, 1.165) is 17.8 Å². The first kappa shape index (κ1) is 14.6. The lowest BCUT2D eigenvalue weighted by Crippen LogP contribution is -2.48. The Kier molecular flexibility index (Phi) is 3.30. The predicted molar refractivity (Wildman–Crippen MR) is 88.1 cm³/mol. The topological polar surface area (TPSA) is 68.8 Å². The molecule has 1 N–H and O–H groups in total. The molecule has 4 aliphatic rings. The number of aliphatic hydroxyl groups excluding tert-OH is 1. The molecule has 6 nitrogen and oxygen atoms in total. The van der Waals surface area contributed by atoms with E-state index < -0.39 is 6.10 Å². The van der Waals surface area contributed by atoms with Crippen LogP contribution in [0.2, 0.25) is 0 Å². The van der Waals surface area contributed by atoms with E-state index in [-0.39, 0.29) is 5.41 Å². The van der Waals surface area contributed by atoms with Crippen LogP contribution in [0.15, 0.2) is 24.7 Å². The molecule has 4 fully saturated rings. The van der Waals surface area contributed by atoms with Gasteiger partial charge in [0.25, 0.3) is 0 Å². The number of hydrogen-bond acceptors (Lipinski definition) is 4. The first-order valence-electron chi connectivity index (χ1n) is 9.25. The van der Waals surface area contributed by atoms with Gasteiger partial charge in [0, 0.05) is 24.0 Å². The monoisotopic (exact) mass is 327 g/mol. The highest BCUT2D eigenvalue weighted by molar-refractivity contribution is 5.20. The van der Waals surface area contributed by atoms with Gasteiger partial charge in [0.05, 0.1) is 24.9 Å². The standard InChI is InChI=1S/C18H25N5O/c24-16(10-22-3-1-2-19-22)11-23-12-17(20-21-23)18-7-13-4-14(8-18)6-15(5-13)9-18/h1-3,12-16,24H,4-11H2. The summed E-state index contributed by atoms with van der Waals surface area (Å²) in [5, 5.41) is 23.3. The van der Waals surface area contributed by atoms with Gasteiger partial charge in [-0.2, -0.15) is 5.10 Å². The average molecular weight is 327 g/mol. The molecule has 4 bridgehead atoms. The van der Waals surface area contributed by atoms with E-state index in [1.807, 2.05) is 16.9 Å². The van der Waals surface area contributed by atoms with Crippen molar-refractivity contribution in [2.45, 2.75) is 63.1 Å². The van der Waals surface area contributed by atoms with Crippen molar-refractivity contribution in [3.05, 3.63) is 30.4 Å². The molecule has 0 aliphatic heterocycles. The highest BCUT2D eigenvalue weighted by Gasteiger charge is 2.52. The van der Waals surface area contributed by atoms with Gasteiger partial charge in [0.2, 0.25) is 0 Å². The third-order valence-electron chi connectivity index (χ3n) is 6.48. The maximum absolute atomic E-state index is 10.3. The zero-order valence-corrected chi connectivity index (χ0v) is 14.0. The number of nitrogens with zero attached hydrogens (tertiary/aromatic N) is 5. The summed E-state index contributed by atoms with van der Waals surface area (Å²) in [6.45, 7) is 0.957. The van der Waals surface area contributed by atoms with E-state index >= 15 is 0 Å². The molecule has 2 aromatic heterocycles. The molecule has 2 heterocycles. The molecule has 1 atom stereocenters. The molecule has 0 saturated heterocycles. The summed E-state index contributed by atoms with van der Waals surface area (Å²) < 4.78 is 3.57. The van der Waals surface area contributed by atoms with Crippen molar-refractivity contribution in [3.8, 4) is 0 Å². The van der Waals surface area contributed by atoms with Crippen LogP contribution in [0, 0.1) is 17.8 Å². The lowest BCUT2D eigenvalue weighted by molar-refractivity contribution is -0.00727. The van der Waals surface area contributed by atoms with Gasteiger partial charge in [0.1, 0.15) is 0 Å². The highest BCUT2D eigenvalue weighted by atomic mass is 16.3. The first-order valence-corrected chi connectivity index (χ1v) is 9.25. The Morgan fingerprint density at radius 1 is 1.08 bits per heavy atom. The minimum Gasteiger partial charge on any atom is -0.389 e. The second kappa shape index (κ2) is 5.41. The van der Waals surface area contributed by atoms with E-state index in [4.69, 9.17) is 0 Å². The Bertz CT molecular complexity index is 672. The quantitative estimate of drug-likeness (QED) is 0.912. The molecule has 0 radical (unpaired) electrons. The van der Waals surface area contributed by atoms with E-state index in [1.54, 1.807) is 10.9 Å². The summed E-state index contributed by atoms with van der Waals surface area (Å²) in [6, 6.07) is 1.87. The normalized spacial score (nSPS) is 35.5. The van der Waals surface area contributed by atoms with Gasteiger partial charge < -0.3 is 5.11 Å². The molecular formula is C18H25N5O. The van der Waals surface area contributed by atoms with Crippen molar-refractivity contribution >= 4 is 0 Å². The Morgan fingerprint density at radius 3 is 2.38 bits per heavy atom. The molecule has 2 aromatic rings. The molecule has 6 heteroatoms. The Hall–Kier alpha value is -1.69. The Labute approximate surface area is 141 Å². The number of hydrogen-bond donors (Lipinski definition) is 1. The van der Waals surface area contributed by atoms with Crippen LogP contribution in [0.5, 0.6) is 0 Å². The summed E-state index contributed by atoms with van der Waals surface area (Å²) in [5.74, 6) is 2.73.